The summed E-state index contributed by atoms with van der Waals surface area (Å²) in [6.07, 6.45) is 0. The Labute approximate surface area is 245 Å². The number of para-hydroxylation sites is 1. The summed E-state index contributed by atoms with van der Waals surface area (Å²) in [4.78, 5) is 12.6. The second-order valence-electron chi connectivity index (χ2n) is 10.3. The molecular formula is C33H32Cl2O5. The van der Waals surface area contributed by atoms with Gasteiger partial charge in [0.15, 0.2) is 11.5 Å². The molecular weight excluding hydrogens is 547 g/mol. The van der Waals surface area contributed by atoms with Crippen molar-refractivity contribution in [3.63, 3.8) is 0 Å². The molecule has 1 N–H and O–H groups in total. The second-order valence-corrected chi connectivity index (χ2v) is 10.9. The van der Waals surface area contributed by atoms with Crippen LogP contribution in [0.3, 0.4) is 0 Å². The minimum absolute atomic E-state index is 0.0779. The number of hydrogen-bond donors (Lipinski definition) is 1. The number of carboxylic acid groups (broad SMARTS) is 1. The van der Waals surface area contributed by atoms with E-state index in [4.69, 9.17) is 37.4 Å². The van der Waals surface area contributed by atoms with Gasteiger partial charge in [0.05, 0.1) is 17.3 Å². The van der Waals surface area contributed by atoms with Crippen molar-refractivity contribution in [2.75, 3.05) is 0 Å². The van der Waals surface area contributed by atoms with Gasteiger partial charge >= 0.3 is 5.97 Å². The maximum absolute atomic E-state index is 12.6. The third-order valence-corrected chi connectivity index (χ3v) is 6.89. The molecule has 0 unspecified atom stereocenters. The average molecular weight is 580 g/mol. The fourth-order valence-corrected chi connectivity index (χ4v) is 4.84. The van der Waals surface area contributed by atoms with Gasteiger partial charge in [-0.25, -0.2) is 4.79 Å². The lowest BCUT2D eigenvalue weighted by Crippen LogP contribution is -2.20. The molecule has 0 atom stereocenters. The first kappa shape index (κ1) is 29.3. The van der Waals surface area contributed by atoms with Gasteiger partial charge in [-0.2, -0.15) is 0 Å². The van der Waals surface area contributed by atoms with E-state index in [1.165, 1.54) is 6.07 Å². The minimum atomic E-state index is -1.09. The molecule has 40 heavy (non-hydrogen) atoms. The maximum Gasteiger partial charge on any atom is 0.336 e. The van der Waals surface area contributed by atoms with Crippen molar-refractivity contribution in [1.29, 1.82) is 0 Å². The van der Waals surface area contributed by atoms with E-state index < -0.39 is 11.4 Å². The smallest absolute Gasteiger partial charge is 0.336 e. The van der Waals surface area contributed by atoms with E-state index in [1.807, 2.05) is 99.6 Å². The van der Waals surface area contributed by atoms with E-state index in [-0.39, 0.29) is 42.0 Å². The number of aromatic carboxylic acids is 1. The van der Waals surface area contributed by atoms with Crippen LogP contribution < -0.4 is 14.2 Å². The van der Waals surface area contributed by atoms with Crippen molar-refractivity contribution in [1.82, 2.24) is 0 Å². The molecule has 4 rings (SSSR count). The number of alkyl halides is 2. The second kappa shape index (κ2) is 13.1. The van der Waals surface area contributed by atoms with E-state index in [1.54, 1.807) is 0 Å². The zero-order chi connectivity index (χ0) is 28.7. The Balaban J connectivity index is 1.95. The summed E-state index contributed by atoms with van der Waals surface area (Å²) < 4.78 is 19.3. The lowest BCUT2D eigenvalue weighted by Gasteiger charge is -2.28. The largest absolute Gasteiger partial charge is 0.485 e. The number of carboxylic acids is 1. The van der Waals surface area contributed by atoms with Gasteiger partial charge in [0.1, 0.15) is 19.0 Å². The van der Waals surface area contributed by atoms with E-state index in [2.05, 4.69) is 0 Å². The Bertz CT molecular complexity index is 1430. The summed E-state index contributed by atoms with van der Waals surface area (Å²) in [7, 11) is 0. The summed E-state index contributed by atoms with van der Waals surface area (Å²) in [5, 5.41) is 10.3. The molecule has 0 saturated carbocycles. The van der Waals surface area contributed by atoms with Crippen LogP contribution in [0, 0.1) is 0 Å². The zero-order valence-corrected chi connectivity index (χ0v) is 24.3. The van der Waals surface area contributed by atoms with Gasteiger partial charge < -0.3 is 19.3 Å². The highest BCUT2D eigenvalue weighted by Crippen LogP contribution is 2.50. The van der Waals surface area contributed by atoms with Gasteiger partial charge in [0.2, 0.25) is 5.75 Å². The number of benzene rings is 4. The maximum atomic E-state index is 12.6. The molecule has 0 aliphatic carbocycles. The lowest BCUT2D eigenvalue weighted by molar-refractivity contribution is 0.0692. The van der Waals surface area contributed by atoms with Crippen LogP contribution in [-0.2, 0) is 30.4 Å². The Morgan fingerprint density at radius 2 is 1.25 bits per heavy atom. The highest BCUT2D eigenvalue weighted by Gasteiger charge is 2.33. The molecule has 0 saturated heterocycles. The van der Waals surface area contributed by atoms with E-state index >= 15 is 0 Å². The van der Waals surface area contributed by atoms with Crippen LogP contribution in [0.1, 0.15) is 58.9 Å². The number of rotatable bonds is 11. The molecule has 0 spiro atoms. The first-order valence-corrected chi connectivity index (χ1v) is 14.0. The van der Waals surface area contributed by atoms with Crippen molar-refractivity contribution < 1.29 is 24.1 Å². The monoisotopic (exact) mass is 578 g/mol. The minimum Gasteiger partial charge on any atom is -0.485 e. The number of carbonyl (C=O) groups is 1. The first-order valence-electron chi connectivity index (χ1n) is 12.9. The van der Waals surface area contributed by atoms with E-state index in [0.29, 0.717) is 17.1 Å². The normalized spacial score (nSPS) is 11.2. The fourth-order valence-electron chi connectivity index (χ4n) is 4.42. The quantitative estimate of drug-likeness (QED) is 0.180. The number of hydrogen-bond acceptors (Lipinski definition) is 4. The molecule has 0 heterocycles. The van der Waals surface area contributed by atoms with Crippen LogP contribution in [-0.4, -0.2) is 11.1 Å². The molecule has 5 nitrogen and oxygen atoms in total. The molecule has 4 aromatic rings. The zero-order valence-electron chi connectivity index (χ0n) is 22.7. The van der Waals surface area contributed by atoms with Gasteiger partial charge in [0, 0.05) is 16.7 Å². The standard InChI is InChI=1S/C33H32Cl2O5/c1-33(2,3)28-26(32(36)37)17-27(38-20-22-11-6-4-7-12-22)30(31(28)39-21-23-13-8-5-9-14-23)40-29-24(18-34)15-10-16-25(29)19-35/h4-17H,18-21H2,1-3H3,(H,36,37). The van der Waals surface area contributed by atoms with Crippen LogP contribution >= 0.6 is 23.2 Å². The molecule has 208 valence electrons. The SMILES string of the molecule is CC(C)(C)c1c(C(=O)O)cc(OCc2ccccc2)c(Oc2c(CCl)cccc2CCl)c1OCc1ccccc1. The van der Waals surface area contributed by atoms with Crippen LogP contribution in [0.5, 0.6) is 23.0 Å². The fraction of sp³-hybridized carbons (Fsp3) is 0.242. The Morgan fingerprint density at radius 1 is 0.725 bits per heavy atom. The number of ether oxygens (including phenoxy) is 3. The Kier molecular flexibility index (Phi) is 9.62. The van der Waals surface area contributed by atoms with Crippen molar-refractivity contribution in [2.24, 2.45) is 0 Å². The molecule has 0 fully saturated rings. The van der Waals surface area contributed by atoms with Crippen LogP contribution in [0.25, 0.3) is 0 Å². The summed E-state index contributed by atoms with van der Waals surface area (Å²) in [6.45, 7) is 6.21. The molecule has 7 heteroatoms. The van der Waals surface area contributed by atoms with Crippen molar-refractivity contribution in [2.45, 2.75) is 51.2 Å². The van der Waals surface area contributed by atoms with Gasteiger partial charge in [-0.05, 0) is 22.6 Å². The van der Waals surface area contributed by atoms with Crippen molar-refractivity contribution in [3.05, 3.63) is 118 Å². The van der Waals surface area contributed by atoms with Crippen LogP contribution in [0.2, 0.25) is 0 Å². The molecule has 0 amide bonds. The Morgan fingerprint density at radius 3 is 1.73 bits per heavy atom. The molecule has 0 aliphatic heterocycles. The van der Waals surface area contributed by atoms with Gasteiger partial charge in [-0.15, -0.1) is 23.2 Å². The molecule has 4 aromatic carbocycles. The van der Waals surface area contributed by atoms with Crippen molar-refractivity contribution >= 4 is 29.2 Å². The average Bonchev–Trinajstić information content (AvgIpc) is 2.95. The first-order chi connectivity index (χ1) is 19.2. The van der Waals surface area contributed by atoms with Crippen molar-refractivity contribution in [3.8, 4) is 23.0 Å². The predicted molar refractivity (Wildman–Crippen MR) is 159 cm³/mol. The highest BCUT2D eigenvalue weighted by atomic mass is 35.5. The summed E-state index contributed by atoms with van der Waals surface area (Å²) in [6, 6.07) is 26.4. The summed E-state index contributed by atoms with van der Waals surface area (Å²) >= 11 is 12.6. The highest BCUT2D eigenvalue weighted by molar-refractivity contribution is 6.18. The predicted octanol–water partition coefficient (Wildman–Crippen LogP) is 9.11. The Hall–Kier alpha value is -3.67. The van der Waals surface area contributed by atoms with E-state index in [0.717, 1.165) is 22.3 Å². The summed E-state index contributed by atoms with van der Waals surface area (Å²) in [5.41, 5.74) is 3.27. The molecule has 0 bridgehead atoms. The third-order valence-electron chi connectivity index (χ3n) is 6.32. The van der Waals surface area contributed by atoms with Crippen LogP contribution in [0.15, 0.2) is 84.9 Å². The summed E-state index contributed by atoms with van der Waals surface area (Å²) in [5.74, 6) is 0.592. The molecule has 0 aromatic heterocycles. The molecule has 0 aliphatic rings. The lowest BCUT2D eigenvalue weighted by atomic mass is 9.82. The van der Waals surface area contributed by atoms with Crippen LogP contribution in [0.4, 0.5) is 0 Å². The van der Waals surface area contributed by atoms with Gasteiger partial charge in [-0.3, -0.25) is 0 Å². The molecule has 0 radical (unpaired) electrons. The van der Waals surface area contributed by atoms with E-state index in [9.17, 15) is 9.90 Å². The van der Waals surface area contributed by atoms with Gasteiger partial charge in [0.25, 0.3) is 0 Å². The number of halogens is 2. The topological polar surface area (TPSA) is 65.0 Å². The third kappa shape index (κ3) is 6.90. The van der Waals surface area contributed by atoms with Gasteiger partial charge in [-0.1, -0.05) is 99.6 Å².